The third-order valence-corrected chi connectivity index (χ3v) is 4.34. The minimum Gasteiger partial charge on any atom is -0.487 e. The van der Waals surface area contributed by atoms with Gasteiger partial charge in [-0.15, -0.1) is 0 Å². The average Bonchev–Trinajstić information content (AvgIpc) is 3.18. The highest BCUT2D eigenvalue weighted by Crippen LogP contribution is 2.28. The highest BCUT2D eigenvalue weighted by molar-refractivity contribution is 6.30. The predicted molar refractivity (Wildman–Crippen MR) is 107 cm³/mol. The Kier molecular flexibility index (Phi) is 5.21. The van der Waals surface area contributed by atoms with Crippen LogP contribution in [-0.4, -0.2) is 15.1 Å². The van der Waals surface area contributed by atoms with Crippen LogP contribution >= 0.6 is 11.6 Å². The van der Waals surface area contributed by atoms with E-state index < -0.39 is 0 Å². The number of rotatable bonds is 6. The van der Waals surface area contributed by atoms with Crippen molar-refractivity contribution in [1.29, 1.82) is 0 Å². The zero-order valence-electron chi connectivity index (χ0n) is 14.9. The van der Waals surface area contributed by atoms with E-state index in [0.29, 0.717) is 35.2 Å². The summed E-state index contributed by atoms with van der Waals surface area (Å²) in [6.07, 6.45) is 3.87. The Bertz CT molecular complexity index is 1070. The van der Waals surface area contributed by atoms with Crippen LogP contribution < -0.4 is 10.5 Å². The summed E-state index contributed by atoms with van der Waals surface area (Å²) < 4.78 is 11.2. The number of hydrogen-bond donors (Lipinski definition) is 1. The molecular formula is C21H17ClN4O2. The van der Waals surface area contributed by atoms with Crippen LogP contribution in [0.3, 0.4) is 0 Å². The predicted octanol–water partition coefficient (Wildman–Crippen LogP) is 4.54. The zero-order valence-corrected chi connectivity index (χ0v) is 15.6. The molecule has 0 unspecified atom stereocenters. The van der Waals surface area contributed by atoms with Crippen molar-refractivity contribution in [2.45, 2.75) is 13.0 Å². The quantitative estimate of drug-likeness (QED) is 0.518. The van der Waals surface area contributed by atoms with E-state index in [2.05, 4.69) is 15.1 Å². The molecule has 0 aliphatic rings. The molecule has 0 spiro atoms. The Balaban J connectivity index is 1.41. The maximum atomic E-state index is 5.99. The normalized spacial score (nSPS) is 10.8. The standard InChI is InChI=1S/C21H17ClN4O2/c22-15-10-19(21(23)25-12-15)20-11-17(26-28-20)9-14-4-6-18(7-5-14)27-13-16-3-1-2-8-24-16/h1-8,10-12H,9,13H2,(H2,23,25). The number of aromatic nitrogens is 3. The smallest absolute Gasteiger partial charge is 0.170 e. The Morgan fingerprint density at radius 1 is 1.00 bits per heavy atom. The van der Waals surface area contributed by atoms with E-state index >= 15 is 0 Å². The largest absolute Gasteiger partial charge is 0.487 e. The van der Waals surface area contributed by atoms with Gasteiger partial charge in [-0.3, -0.25) is 4.98 Å². The first kappa shape index (κ1) is 18.0. The third-order valence-electron chi connectivity index (χ3n) is 4.13. The number of nitrogens with zero attached hydrogens (tertiary/aromatic N) is 3. The fourth-order valence-corrected chi connectivity index (χ4v) is 2.88. The molecule has 28 heavy (non-hydrogen) atoms. The highest BCUT2D eigenvalue weighted by Gasteiger charge is 2.12. The molecule has 6 nitrogen and oxygen atoms in total. The van der Waals surface area contributed by atoms with Crippen LogP contribution in [0.2, 0.25) is 5.02 Å². The minimum atomic E-state index is 0.349. The second-order valence-electron chi connectivity index (χ2n) is 6.20. The van der Waals surface area contributed by atoms with E-state index in [4.69, 9.17) is 26.6 Å². The number of halogens is 1. The molecule has 1 aromatic carbocycles. The van der Waals surface area contributed by atoms with Crippen LogP contribution in [0.4, 0.5) is 5.82 Å². The topological polar surface area (TPSA) is 87.1 Å². The summed E-state index contributed by atoms with van der Waals surface area (Å²) in [5.74, 6) is 1.67. The fourth-order valence-electron chi connectivity index (χ4n) is 2.72. The van der Waals surface area contributed by atoms with Crippen LogP contribution in [0.15, 0.2) is 71.5 Å². The third kappa shape index (κ3) is 4.29. The number of pyridine rings is 2. The molecule has 0 aliphatic heterocycles. The fraction of sp³-hybridized carbons (Fsp3) is 0.0952. The van der Waals surface area contributed by atoms with Crippen molar-refractivity contribution in [3.8, 4) is 17.1 Å². The van der Waals surface area contributed by atoms with E-state index in [-0.39, 0.29) is 0 Å². The molecule has 0 atom stereocenters. The number of anilines is 1. The van der Waals surface area contributed by atoms with Gasteiger partial charge in [0.25, 0.3) is 0 Å². The van der Waals surface area contributed by atoms with E-state index in [1.165, 1.54) is 6.20 Å². The molecule has 0 radical (unpaired) electrons. The summed E-state index contributed by atoms with van der Waals surface area (Å²) in [6, 6.07) is 17.2. The lowest BCUT2D eigenvalue weighted by Gasteiger charge is -2.06. The molecule has 3 aromatic heterocycles. The van der Waals surface area contributed by atoms with E-state index in [9.17, 15) is 0 Å². The molecule has 2 N–H and O–H groups in total. The maximum Gasteiger partial charge on any atom is 0.170 e. The molecular weight excluding hydrogens is 376 g/mol. The van der Waals surface area contributed by atoms with Crippen molar-refractivity contribution in [1.82, 2.24) is 15.1 Å². The lowest BCUT2D eigenvalue weighted by molar-refractivity contribution is 0.301. The summed E-state index contributed by atoms with van der Waals surface area (Å²) in [5, 5.41) is 4.61. The number of nitrogens with two attached hydrogens (primary N) is 1. The second kappa shape index (κ2) is 8.10. The Labute approximate surface area is 166 Å². The van der Waals surface area contributed by atoms with Gasteiger partial charge >= 0.3 is 0 Å². The van der Waals surface area contributed by atoms with Gasteiger partial charge in [-0.2, -0.15) is 0 Å². The molecule has 4 aromatic rings. The van der Waals surface area contributed by atoms with Gasteiger partial charge in [-0.1, -0.05) is 35.0 Å². The van der Waals surface area contributed by atoms with Gasteiger partial charge in [-0.05, 0) is 35.9 Å². The lowest BCUT2D eigenvalue weighted by Crippen LogP contribution is -1.97. The van der Waals surface area contributed by atoms with Crippen molar-refractivity contribution in [3.05, 3.63) is 89.0 Å². The van der Waals surface area contributed by atoms with Crippen molar-refractivity contribution in [2.24, 2.45) is 0 Å². The lowest BCUT2D eigenvalue weighted by atomic mass is 10.1. The second-order valence-corrected chi connectivity index (χ2v) is 6.64. The Morgan fingerprint density at radius 2 is 1.86 bits per heavy atom. The number of nitrogen functional groups attached to an aromatic ring is 1. The van der Waals surface area contributed by atoms with Gasteiger partial charge in [0.2, 0.25) is 0 Å². The van der Waals surface area contributed by atoms with Crippen LogP contribution in [0.1, 0.15) is 17.0 Å². The van der Waals surface area contributed by atoms with Gasteiger partial charge < -0.3 is 15.0 Å². The van der Waals surface area contributed by atoms with Gasteiger partial charge in [-0.25, -0.2) is 4.98 Å². The van der Waals surface area contributed by atoms with Crippen molar-refractivity contribution in [2.75, 3.05) is 5.73 Å². The van der Waals surface area contributed by atoms with Gasteiger partial charge in [0, 0.05) is 24.9 Å². The molecule has 0 aliphatic carbocycles. The van der Waals surface area contributed by atoms with Crippen LogP contribution in [0.25, 0.3) is 11.3 Å². The van der Waals surface area contributed by atoms with Crippen LogP contribution in [-0.2, 0) is 13.0 Å². The maximum absolute atomic E-state index is 5.99. The van der Waals surface area contributed by atoms with Crippen molar-refractivity contribution < 1.29 is 9.26 Å². The van der Waals surface area contributed by atoms with Gasteiger partial charge in [0.05, 0.1) is 22.0 Å². The van der Waals surface area contributed by atoms with Crippen molar-refractivity contribution >= 4 is 17.4 Å². The molecule has 0 saturated heterocycles. The molecule has 140 valence electrons. The minimum absolute atomic E-state index is 0.349. The van der Waals surface area contributed by atoms with Crippen molar-refractivity contribution in [3.63, 3.8) is 0 Å². The van der Waals surface area contributed by atoms with Crippen LogP contribution in [0.5, 0.6) is 5.75 Å². The number of hydrogen-bond acceptors (Lipinski definition) is 6. The molecule has 0 fully saturated rings. The summed E-state index contributed by atoms with van der Waals surface area (Å²) >= 11 is 5.99. The van der Waals surface area contributed by atoms with Crippen LogP contribution in [0, 0.1) is 0 Å². The number of benzene rings is 1. The summed E-state index contributed by atoms with van der Waals surface area (Å²) in [5.41, 5.74) is 9.28. The molecule has 7 heteroatoms. The van der Waals surface area contributed by atoms with E-state index in [0.717, 1.165) is 22.7 Å². The van der Waals surface area contributed by atoms with E-state index in [1.54, 1.807) is 12.3 Å². The molecule has 3 heterocycles. The highest BCUT2D eigenvalue weighted by atomic mass is 35.5. The summed E-state index contributed by atoms with van der Waals surface area (Å²) in [6.45, 7) is 0.432. The average molecular weight is 393 g/mol. The monoisotopic (exact) mass is 392 g/mol. The van der Waals surface area contributed by atoms with Gasteiger partial charge in [0.1, 0.15) is 18.2 Å². The molecule has 0 bridgehead atoms. The molecule has 0 amide bonds. The first-order chi connectivity index (χ1) is 13.7. The van der Waals surface area contributed by atoms with Gasteiger partial charge in [0.15, 0.2) is 5.76 Å². The first-order valence-electron chi connectivity index (χ1n) is 8.66. The molecule has 0 saturated carbocycles. The number of ether oxygens (including phenoxy) is 1. The Hall–Kier alpha value is -3.38. The van der Waals surface area contributed by atoms with E-state index in [1.807, 2.05) is 48.5 Å². The summed E-state index contributed by atoms with van der Waals surface area (Å²) in [4.78, 5) is 8.28. The first-order valence-corrected chi connectivity index (χ1v) is 9.04. The SMILES string of the molecule is Nc1ncc(Cl)cc1-c1cc(Cc2ccc(OCc3ccccn3)cc2)no1. The Morgan fingerprint density at radius 3 is 2.64 bits per heavy atom. The summed E-state index contributed by atoms with van der Waals surface area (Å²) in [7, 11) is 0. The zero-order chi connectivity index (χ0) is 19.3. The molecule has 4 rings (SSSR count).